The van der Waals surface area contributed by atoms with E-state index in [-0.39, 0.29) is 13.2 Å². The number of esters is 1. The van der Waals surface area contributed by atoms with Crippen molar-refractivity contribution in [2.75, 3.05) is 27.4 Å². The highest BCUT2D eigenvalue weighted by Gasteiger charge is 2.12. The smallest absolute Gasteiger partial charge is 0.337 e. The van der Waals surface area contributed by atoms with Crippen LogP contribution in [0.4, 0.5) is 0 Å². The van der Waals surface area contributed by atoms with Gasteiger partial charge in [-0.05, 0) is 18.2 Å². The molecule has 1 atom stereocenters. The molecule has 0 aliphatic rings. The largest absolute Gasteiger partial charge is 0.493 e. The molecule has 0 saturated carbocycles. The van der Waals surface area contributed by atoms with E-state index in [1.807, 2.05) is 0 Å². The van der Waals surface area contributed by atoms with Crippen LogP contribution in [-0.2, 0) is 4.74 Å². The molecule has 0 spiro atoms. The minimum Gasteiger partial charge on any atom is -0.493 e. The van der Waals surface area contributed by atoms with Gasteiger partial charge in [0.25, 0.3) is 0 Å². The molecule has 0 radical (unpaired) electrons. The molecule has 1 aromatic rings. The van der Waals surface area contributed by atoms with Gasteiger partial charge in [-0.15, -0.1) is 0 Å². The first kappa shape index (κ1) is 14.3. The SMILES string of the molecule is COC(=O)c1ccc(OCC(O)CN)c(OC)c1. The van der Waals surface area contributed by atoms with Gasteiger partial charge in [-0.2, -0.15) is 0 Å². The van der Waals surface area contributed by atoms with Crippen LogP contribution in [0.25, 0.3) is 0 Å². The summed E-state index contributed by atoms with van der Waals surface area (Å²) in [7, 11) is 2.76. The Bertz CT molecular complexity index is 407. The van der Waals surface area contributed by atoms with Crippen LogP contribution in [0.1, 0.15) is 10.4 Å². The Hall–Kier alpha value is -1.79. The van der Waals surface area contributed by atoms with E-state index in [9.17, 15) is 9.90 Å². The van der Waals surface area contributed by atoms with Crippen molar-refractivity contribution in [3.63, 3.8) is 0 Å². The molecule has 0 bridgehead atoms. The predicted octanol–water partition coefficient (Wildman–Crippen LogP) is 0.180. The molecule has 0 aliphatic heterocycles. The fourth-order valence-corrected chi connectivity index (χ4v) is 1.29. The van der Waals surface area contributed by atoms with E-state index < -0.39 is 12.1 Å². The van der Waals surface area contributed by atoms with E-state index in [0.29, 0.717) is 17.1 Å². The molecule has 1 rings (SSSR count). The number of aliphatic hydroxyl groups is 1. The molecule has 18 heavy (non-hydrogen) atoms. The molecule has 0 heterocycles. The summed E-state index contributed by atoms with van der Waals surface area (Å²) in [5.74, 6) is 0.363. The molecule has 0 aliphatic carbocycles. The lowest BCUT2D eigenvalue weighted by molar-refractivity contribution is 0.0600. The van der Waals surface area contributed by atoms with Gasteiger partial charge in [0.1, 0.15) is 12.7 Å². The van der Waals surface area contributed by atoms with Gasteiger partial charge >= 0.3 is 5.97 Å². The number of ether oxygens (including phenoxy) is 3. The van der Waals surface area contributed by atoms with E-state index in [2.05, 4.69) is 4.74 Å². The molecular formula is C12H17NO5. The van der Waals surface area contributed by atoms with E-state index in [4.69, 9.17) is 15.2 Å². The summed E-state index contributed by atoms with van der Waals surface area (Å²) in [6, 6.07) is 4.64. The second-order valence-electron chi connectivity index (χ2n) is 3.56. The number of aliphatic hydroxyl groups excluding tert-OH is 1. The van der Waals surface area contributed by atoms with Crippen molar-refractivity contribution >= 4 is 5.97 Å². The number of nitrogens with two attached hydrogens (primary N) is 1. The molecule has 1 aromatic carbocycles. The Balaban J connectivity index is 2.83. The number of benzene rings is 1. The molecule has 0 amide bonds. The summed E-state index contributed by atoms with van der Waals surface area (Å²) in [6.07, 6.45) is -0.741. The van der Waals surface area contributed by atoms with Crippen LogP contribution >= 0.6 is 0 Å². The number of carbonyl (C=O) groups is 1. The van der Waals surface area contributed by atoms with E-state index >= 15 is 0 Å². The number of rotatable bonds is 6. The highest BCUT2D eigenvalue weighted by molar-refractivity contribution is 5.90. The van der Waals surface area contributed by atoms with Crippen LogP contribution in [0.5, 0.6) is 11.5 Å². The molecule has 0 saturated heterocycles. The standard InChI is InChI=1S/C12H17NO5/c1-16-11-5-8(12(15)17-2)3-4-10(11)18-7-9(14)6-13/h3-5,9,14H,6-7,13H2,1-2H3. The van der Waals surface area contributed by atoms with Crippen LogP contribution in [-0.4, -0.2) is 44.6 Å². The average molecular weight is 255 g/mol. The Labute approximate surface area is 105 Å². The zero-order chi connectivity index (χ0) is 13.5. The van der Waals surface area contributed by atoms with Crippen molar-refractivity contribution in [3.05, 3.63) is 23.8 Å². The molecule has 3 N–H and O–H groups in total. The molecule has 1 unspecified atom stereocenters. The van der Waals surface area contributed by atoms with Crippen LogP contribution in [0.3, 0.4) is 0 Å². The highest BCUT2D eigenvalue weighted by atomic mass is 16.5. The lowest BCUT2D eigenvalue weighted by Gasteiger charge is -2.13. The van der Waals surface area contributed by atoms with Crippen molar-refractivity contribution in [2.24, 2.45) is 5.73 Å². The van der Waals surface area contributed by atoms with Crippen LogP contribution < -0.4 is 15.2 Å². The number of methoxy groups -OCH3 is 2. The van der Waals surface area contributed by atoms with Crippen LogP contribution in [0.15, 0.2) is 18.2 Å². The van der Waals surface area contributed by atoms with Gasteiger partial charge in [0.15, 0.2) is 11.5 Å². The zero-order valence-corrected chi connectivity index (χ0v) is 10.4. The molecular weight excluding hydrogens is 238 g/mol. The van der Waals surface area contributed by atoms with Crippen molar-refractivity contribution in [1.29, 1.82) is 0 Å². The topological polar surface area (TPSA) is 91.0 Å². The third kappa shape index (κ3) is 3.61. The minimum absolute atomic E-state index is 0.0600. The Morgan fingerprint density at radius 3 is 2.67 bits per heavy atom. The van der Waals surface area contributed by atoms with E-state index in [1.54, 1.807) is 12.1 Å². The lowest BCUT2D eigenvalue weighted by Crippen LogP contribution is -2.26. The normalized spacial score (nSPS) is 11.8. The van der Waals surface area contributed by atoms with Crippen molar-refractivity contribution < 1.29 is 24.1 Å². The van der Waals surface area contributed by atoms with E-state index in [1.165, 1.54) is 20.3 Å². The Morgan fingerprint density at radius 1 is 1.39 bits per heavy atom. The summed E-state index contributed by atoms with van der Waals surface area (Å²) in [5, 5.41) is 9.30. The fraction of sp³-hybridized carbons (Fsp3) is 0.417. The monoisotopic (exact) mass is 255 g/mol. The van der Waals surface area contributed by atoms with Gasteiger partial charge in [0.05, 0.1) is 19.8 Å². The van der Waals surface area contributed by atoms with Crippen LogP contribution in [0, 0.1) is 0 Å². The maximum atomic E-state index is 11.3. The Morgan fingerprint density at radius 2 is 2.11 bits per heavy atom. The van der Waals surface area contributed by atoms with Crippen molar-refractivity contribution in [1.82, 2.24) is 0 Å². The maximum Gasteiger partial charge on any atom is 0.337 e. The predicted molar refractivity (Wildman–Crippen MR) is 64.9 cm³/mol. The first-order valence-electron chi connectivity index (χ1n) is 5.39. The van der Waals surface area contributed by atoms with Crippen LogP contribution in [0.2, 0.25) is 0 Å². The number of hydrogen-bond donors (Lipinski definition) is 2. The van der Waals surface area contributed by atoms with Gasteiger partial charge < -0.3 is 25.1 Å². The number of carbonyl (C=O) groups excluding carboxylic acids is 1. The second-order valence-corrected chi connectivity index (χ2v) is 3.56. The summed E-state index contributed by atoms with van der Waals surface area (Å²) in [5.41, 5.74) is 5.63. The molecule has 6 heteroatoms. The quantitative estimate of drug-likeness (QED) is 0.705. The van der Waals surface area contributed by atoms with Crippen molar-refractivity contribution in [2.45, 2.75) is 6.10 Å². The molecule has 100 valence electrons. The second kappa shape index (κ2) is 6.83. The first-order chi connectivity index (χ1) is 8.62. The van der Waals surface area contributed by atoms with Gasteiger partial charge in [0.2, 0.25) is 0 Å². The Kier molecular flexibility index (Phi) is 5.41. The maximum absolute atomic E-state index is 11.3. The zero-order valence-electron chi connectivity index (χ0n) is 10.4. The fourth-order valence-electron chi connectivity index (χ4n) is 1.29. The summed E-state index contributed by atoms with van der Waals surface area (Å²) < 4.78 is 15.0. The summed E-state index contributed by atoms with van der Waals surface area (Å²) in [4.78, 5) is 11.3. The van der Waals surface area contributed by atoms with Gasteiger partial charge in [0, 0.05) is 6.54 Å². The lowest BCUT2D eigenvalue weighted by atomic mass is 10.2. The number of hydrogen-bond acceptors (Lipinski definition) is 6. The highest BCUT2D eigenvalue weighted by Crippen LogP contribution is 2.28. The van der Waals surface area contributed by atoms with Gasteiger partial charge in [-0.1, -0.05) is 0 Å². The minimum atomic E-state index is -0.741. The van der Waals surface area contributed by atoms with Gasteiger partial charge in [-0.3, -0.25) is 0 Å². The summed E-state index contributed by atoms with van der Waals surface area (Å²) in [6.45, 7) is 0.174. The molecule has 0 aromatic heterocycles. The first-order valence-corrected chi connectivity index (χ1v) is 5.39. The van der Waals surface area contributed by atoms with E-state index in [0.717, 1.165) is 0 Å². The van der Waals surface area contributed by atoms with Crippen molar-refractivity contribution in [3.8, 4) is 11.5 Å². The third-order valence-electron chi connectivity index (χ3n) is 2.29. The summed E-state index contributed by atoms with van der Waals surface area (Å²) >= 11 is 0. The molecule has 0 fully saturated rings. The molecule has 6 nitrogen and oxygen atoms in total. The van der Waals surface area contributed by atoms with Gasteiger partial charge in [-0.25, -0.2) is 4.79 Å². The third-order valence-corrected chi connectivity index (χ3v) is 2.29. The average Bonchev–Trinajstić information content (AvgIpc) is 2.43.